The minimum atomic E-state index is -0.0540. The molecule has 1 N–H and O–H groups in total. The topological polar surface area (TPSA) is 41.0 Å². The van der Waals surface area contributed by atoms with Crippen molar-refractivity contribution in [2.24, 2.45) is 5.92 Å². The molecular weight excluding hydrogens is 274 g/mol. The van der Waals surface area contributed by atoms with Gasteiger partial charge in [0.15, 0.2) is 0 Å². The number of rotatable bonds is 3. The van der Waals surface area contributed by atoms with Gasteiger partial charge in [-0.15, -0.1) is 0 Å². The average Bonchev–Trinajstić information content (AvgIpc) is 2.77. The van der Waals surface area contributed by atoms with Gasteiger partial charge in [-0.2, -0.15) is 0 Å². The summed E-state index contributed by atoms with van der Waals surface area (Å²) in [5.41, 5.74) is 1.61. The Kier molecular flexibility index (Phi) is 3.85. The van der Waals surface area contributed by atoms with E-state index < -0.39 is 0 Å². The predicted molar refractivity (Wildman–Crippen MR) is 82.4 cm³/mol. The van der Waals surface area contributed by atoms with E-state index in [1.165, 1.54) is 19.4 Å². The molecule has 2 heterocycles. The number of hydrogen-bond acceptors (Lipinski definition) is 2. The number of para-hydroxylation sites is 1. The Hall–Kier alpha value is -1.26. The SMILES string of the molecule is CCN1CCCC(Cn2c(=O)[nH]c3cccc(Cl)c32)C1. The molecule has 1 aromatic carbocycles. The minimum absolute atomic E-state index is 0.0540. The maximum atomic E-state index is 12.2. The molecule has 1 aromatic heterocycles. The van der Waals surface area contributed by atoms with Crippen LogP contribution in [0.25, 0.3) is 11.0 Å². The molecule has 0 amide bonds. The van der Waals surface area contributed by atoms with Crippen LogP contribution < -0.4 is 5.69 Å². The molecule has 20 heavy (non-hydrogen) atoms. The van der Waals surface area contributed by atoms with E-state index in [0.29, 0.717) is 10.9 Å². The van der Waals surface area contributed by atoms with E-state index in [0.717, 1.165) is 30.7 Å². The number of aromatic nitrogens is 2. The lowest BCUT2D eigenvalue weighted by Crippen LogP contribution is -2.37. The van der Waals surface area contributed by atoms with Crippen molar-refractivity contribution in [3.63, 3.8) is 0 Å². The fourth-order valence-electron chi connectivity index (χ4n) is 3.19. The first-order valence-corrected chi connectivity index (χ1v) is 7.66. The van der Waals surface area contributed by atoms with Crippen molar-refractivity contribution in [3.05, 3.63) is 33.7 Å². The molecule has 0 bridgehead atoms. The van der Waals surface area contributed by atoms with E-state index in [2.05, 4.69) is 16.8 Å². The van der Waals surface area contributed by atoms with Crippen molar-refractivity contribution in [2.45, 2.75) is 26.3 Å². The van der Waals surface area contributed by atoms with Crippen LogP contribution in [0, 0.1) is 5.92 Å². The van der Waals surface area contributed by atoms with Crippen molar-refractivity contribution in [3.8, 4) is 0 Å². The zero-order valence-corrected chi connectivity index (χ0v) is 12.5. The summed E-state index contributed by atoms with van der Waals surface area (Å²) >= 11 is 6.26. The first-order chi connectivity index (χ1) is 9.69. The Bertz CT molecular complexity index is 661. The Balaban J connectivity index is 1.91. The number of benzene rings is 1. The Morgan fingerprint density at radius 3 is 3.10 bits per heavy atom. The van der Waals surface area contributed by atoms with Gasteiger partial charge >= 0.3 is 5.69 Å². The highest BCUT2D eigenvalue weighted by atomic mass is 35.5. The number of aromatic amines is 1. The van der Waals surface area contributed by atoms with Gasteiger partial charge in [0.05, 0.1) is 16.1 Å². The second-order valence-corrected chi connectivity index (χ2v) is 5.99. The molecule has 4 nitrogen and oxygen atoms in total. The predicted octanol–water partition coefficient (Wildman–Crippen LogP) is 2.71. The number of H-pyrrole nitrogens is 1. The zero-order chi connectivity index (χ0) is 14.1. The normalized spacial score (nSPS) is 20.6. The summed E-state index contributed by atoms with van der Waals surface area (Å²) in [6.45, 7) is 6.27. The van der Waals surface area contributed by atoms with Crippen LogP contribution in [0.3, 0.4) is 0 Å². The van der Waals surface area contributed by atoms with Gasteiger partial charge in [-0.25, -0.2) is 4.79 Å². The molecule has 1 fully saturated rings. The van der Waals surface area contributed by atoms with Crippen LogP contribution in [0.4, 0.5) is 0 Å². The van der Waals surface area contributed by atoms with Crippen LogP contribution in [0.2, 0.25) is 5.02 Å². The molecule has 0 radical (unpaired) electrons. The van der Waals surface area contributed by atoms with Crippen molar-refractivity contribution < 1.29 is 0 Å². The number of hydrogen-bond donors (Lipinski definition) is 1. The molecule has 5 heteroatoms. The molecular formula is C15H20ClN3O. The third-order valence-electron chi connectivity index (χ3n) is 4.23. The lowest BCUT2D eigenvalue weighted by atomic mass is 9.98. The summed E-state index contributed by atoms with van der Waals surface area (Å²) in [5.74, 6) is 0.525. The molecule has 1 aliphatic heterocycles. The second kappa shape index (κ2) is 5.62. The summed E-state index contributed by atoms with van der Waals surface area (Å²) < 4.78 is 1.81. The van der Waals surface area contributed by atoms with E-state index >= 15 is 0 Å². The Labute approximate surface area is 123 Å². The number of imidazole rings is 1. The number of likely N-dealkylation sites (tertiary alicyclic amines) is 1. The highest BCUT2D eigenvalue weighted by Crippen LogP contribution is 2.24. The lowest BCUT2D eigenvalue weighted by Gasteiger charge is -2.31. The van der Waals surface area contributed by atoms with Crippen LogP contribution in [0.1, 0.15) is 19.8 Å². The van der Waals surface area contributed by atoms with Crippen LogP contribution in [0.5, 0.6) is 0 Å². The van der Waals surface area contributed by atoms with Crippen molar-refractivity contribution in [2.75, 3.05) is 19.6 Å². The summed E-state index contributed by atoms with van der Waals surface area (Å²) in [6, 6.07) is 5.61. The van der Waals surface area contributed by atoms with Gasteiger partial charge in [0, 0.05) is 13.1 Å². The Morgan fingerprint density at radius 2 is 2.30 bits per heavy atom. The Morgan fingerprint density at radius 1 is 1.45 bits per heavy atom. The third kappa shape index (κ3) is 2.50. The number of halogens is 1. The highest BCUT2D eigenvalue weighted by molar-refractivity contribution is 6.34. The maximum Gasteiger partial charge on any atom is 0.326 e. The standard InChI is InChI=1S/C15H20ClN3O/c1-2-18-8-4-5-11(9-18)10-19-14-12(16)6-3-7-13(14)17-15(19)20/h3,6-7,11H,2,4-5,8-10H2,1H3,(H,17,20). The van der Waals surface area contributed by atoms with E-state index in [1.807, 2.05) is 22.8 Å². The van der Waals surface area contributed by atoms with E-state index in [9.17, 15) is 4.79 Å². The fraction of sp³-hybridized carbons (Fsp3) is 0.533. The van der Waals surface area contributed by atoms with Crippen LogP contribution >= 0.6 is 11.6 Å². The summed E-state index contributed by atoms with van der Waals surface area (Å²) in [7, 11) is 0. The van der Waals surface area contributed by atoms with Crippen molar-refractivity contribution >= 4 is 22.6 Å². The van der Waals surface area contributed by atoms with Gasteiger partial charge < -0.3 is 9.88 Å². The molecule has 108 valence electrons. The fourth-order valence-corrected chi connectivity index (χ4v) is 3.47. The molecule has 1 unspecified atom stereocenters. The average molecular weight is 294 g/mol. The summed E-state index contributed by atoms with van der Waals surface area (Å²) in [6.07, 6.45) is 2.39. The largest absolute Gasteiger partial charge is 0.326 e. The lowest BCUT2D eigenvalue weighted by molar-refractivity contribution is 0.170. The smallest absolute Gasteiger partial charge is 0.305 e. The second-order valence-electron chi connectivity index (χ2n) is 5.58. The van der Waals surface area contributed by atoms with Crippen molar-refractivity contribution in [1.82, 2.24) is 14.5 Å². The van der Waals surface area contributed by atoms with Crippen LogP contribution in [0.15, 0.2) is 23.0 Å². The van der Waals surface area contributed by atoms with Crippen LogP contribution in [-0.2, 0) is 6.54 Å². The maximum absolute atomic E-state index is 12.2. The monoisotopic (exact) mass is 293 g/mol. The minimum Gasteiger partial charge on any atom is -0.305 e. The number of piperidine rings is 1. The molecule has 1 atom stereocenters. The van der Waals surface area contributed by atoms with Crippen LogP contribution in [-0.4, -0.2) is 34.1 Å². The van der Waals surface area contributed by atoms with Gasteiger partial charge in [0.1, 0.15) is 0 Å². The van der Waals surface area contributed by atoms with Gasteiger partial charge in [-0.3, -0.25) is 4.57 Å². The first kappa shape index (κ1) is 13.7. The molecule has 1 saturated heterocycles. The molecule has 0 aliphatic carbocycles. The van der Waals surface area contributed by atoms with Gasteiger partial charge in [-0.1, -0.05) is 24.6 Å². The molecule has 0 saturated carbocycles. The van der Waals surface area contributed by atoms with E-state index in [1.54, 1.807) is 0 Å². The van der Waals surface area contributed by atoms with E-state index in [-0.39, 0.29) is 5.69 Å². The zero-order valence-electron chi connectivity index (χ0n) is 11.7. The first-order valence-electron chi connectivity index (χ1n) is 7.28. The van der Waals surface area contributed by atoms with Gasteiger partial charge in [-0.05, 0) is 44.0 Å². The van der Waals surface area contributed by atoms with Gasteiger partial charge in [0.25, 0.3) is 0 Å². The molecule has 0 spiro atoms. The highest BCUT2D eigenvalue weighted by Gasteiger charge is 2.21. The summed E-state index contributed by atoms with van der Waals surface area (Å²) in [5, 5.41) is 0.643. The molecule has 2 aromatic rings. The molecule has 3 rings (SSSR count). The summed E-state index contributed by atoms with van der Waals surface area (Å²) in [4.78, 5) is 17.5. The quantitative estimate of drug-likeness (QED) is 0.945. The number of fused-ring (bicyclic) bond motifs is 1. The third-order valence-corrected chi connectivity index (χ3v) is 4.54. The molecule has 1 aliphatic rings. The van der Waals surface area contributed by atoms with Gasteiger partial charge in [0.2, 0.25) is 0 Å². The van der Waals surface area contributed by atoms with E-state index in [4.69, 9.17) is 11.6 Å². The number of nitrogens with one attached hydrogen (secondary N) is 1. The van der Waals surface area contributed by atoms with Crippen molar-refractivity contribution in [1.29, 1.82) is 0 Å². The number of nitrogens with zero attached hydrogens (tertiary/aromatic N) is 2.